The van der Waals surface area contributed by atoms with Gasteiger partial charge < -0.3 is 10.6 Å². The second kappa shape index (κ2) is 8.41. The molecule has 0 aromatic heterocycles. The first-order valence-electron chi connectivity index (χ1n) is 8.27. The number of hydrogen-bond donors (Lipinski definition) is 2. The van der Waals surface area contributed by atoms with E-state index >= 15 is 0 Å². The quantitative estimate of drug-likeness (QED) is 0.769. The molecule has 0 unspecified atom stereocenters. The van der Waals surface area contributed by atoms with Gasteiger partial charge in [0.25, 0.3) is 5.91 Å². The predicted molar refractivity (Wildman–Crippen MR) is 95.9 cm³/mol. The molecule has 1 amide bonds. The zero-order valence-electron chi connectivity index (χ0n) is 14.5. The lowest BCUT2D eigenvalue weighted by molar-refractivity contribution is -0.692. The van der Waals surface area contributed by atoms with Crippen molar-refractivity contribution in [3.8, 4) is 0 Å². The van der Waals surface area contributed by atoms with Crippen LogP contribution in [-0.4, -0.2) is 18.2 Å². The zero-order valence-corrected chi connectivity index (χ0v) is 14.5. The van der Waals surface area contributed by atoms with Gasteiger partial charge in [0.1, 0.15) is 6.04 Å². The molecule has 0 aliphatic carbocycles. The van der Waals surface area contributed by atoms with Crippen LogP contribution in [0.2, 0.25) is 0 Å². The number of hydrogen-bond acceptors (Lipinski definition) is 2. The Bertz CT molecular complexity index is 696. The van der Waals surface area contributed by atoms with Crippen LogP contribution in [0.1, 0.15) is 42.7 Å². The fourth-order valence-corrected chi connectivity index (χ4v) is 2.80. The van der Waals surface area contributed by atoms with E-state index in [1.54, 1.807) is 18.2 Å². The molecule has 3 N–H and O–H groups in total. The summed E-state index contributed by atoms with van der Waals surface area (Å²) in [5.74, 6) is 0.245. The van der Waals surface area contributed by atoms with Crippen LogP contribution < -0.4 is 10.6 Å². The van der Waals surface area contributed by atoms with Crippen molar-refractivity contribution in [3.05, 3.63) is 65.7 Å². The first kappa shape index (κ1) is 17.9. The maximum Gasteiger partial charge on any atom is 0.279 e. The SMILES string of the molecule is CC(=O)c1ccccc1NC(=O)C[NH2+][C@@H](c1ccccc1)C(C)C. The Morgan fingerprint density at radius 1 is 1.00 bits per heavy atom. The summed E-state index contributed by atoms with van der Waals surface area (Å²) in [5, 5.41) is 4.89. The third-order valence-corrected chi connectivity index (χ3v) is 4.04. The number of carbonyl (C=O) groups is 2. The Morgan fingerprint density at radius 3 is 2.25 bits per heavy atom. The molecule has 0 saturated carbocycles. The van der Waals surface area contributed by atoms with Crippen molar-refractivity contribution in [2.45, 2.75) is 26.8 Å². The summed E-state index contributed by atoms with van der Waals surface area (Å²) in [6.45, 7) is 6.11. The van der Waals surface area contributed by atoms with Crippen molar-refractivity contribution in [2.75, 3.05) is 11.9 Å². The van der Waals surface area contributed by atoms with Gasteiger partial charge in [0.15, 0.2) is 12.3 Å². The zero-order chi connectivity index (χ0) is 17.5. The second-order valence-corrected chi connectivity index (χ2v) is 6.27. The maximum absolute atomic E-state index is 12.3. The molecule has 0 fully saturated rings. The normalized spacial score (nSPS) is 12.0. The fourth-order valence-electron chi connectivity index (χ4n) is 2.80. The standard InChI is InChI=1S/C20H24N2O2/c1-14(2)20(16-9-5-4-6-10-16)21-13-19(24)22-18-12-8-7-11-17(18)15(3)23/h4-12,14,20-21H,13H2,1-3H3,(H,22,24)/p+1/t20-/m1/s1. The van der Waals surface area contributed by atoms with Crippen molar-refractivity contribution in [2.24, 2.45) is 5.92 Å². The number of amides is 1. The van der Waals surface area contributed by atoms with Crippen LogP contribution >= 0.6 is 0 Å². The largest absolute Gasteiger partial charge is 0.332 e. The smallest absolute Gasteiger partial charge is 0.279 e. The molecule has 2 aromatic rings. The summed E-state index contributed by atoms with van der Waals surface area (Å²) in [6.07, 6.45) is 0. The molecular weight excluding hydrogens is 300 g/mol. The molecule has 0 radical (unpaired) electrons. The first-order valence-corrected chi connectivity index (χ1v) is 8.27. The van der Waals surface area contributed by atoms with Crippen molar-refractivity contribution in [1.29, 1.82) is 0 Å². The summed E-state index contributed by atoms with van der Waals surface area (Å²) >= 11 is 0. The Morgan fingerprint density at radius 2 is 1.62 bits per heavy atom. The van der Waals surface area contributed by atoms with Gasteiger partial charge >= 0.3 is 0 Å². The third-order valence-electron chi connectivity index (χ3n) is 4.04. The van der Waals surface area contributed by atoms with E-state index < -0.39 is 0 Å². The average molecular weight is 325 g/mol. The number of nitrogens with two attached hydrogens (primary N) is 1. The minimum absolute atomic E-state index is 0.0563. The second-order valence-electron chi connectivity index (χ2n) is 6.27. The number of anilines is 1. The number of Topliss-reactive ketones (excluding diaryl/α,β-unsaturated/α-hetero) is 1. The average Bonchev–Trinajstić information content (AvgIpc) is 2.56. The molecule has 0 bridgehead atoms. The van der Waals surface area contributed by atoms with Crippen LogP contribution in [0.4, 0.5) is 5.69 Å². The highest BCUT2D eigenvalue weighted by atomic mass is 16.2. The van der Waals surface area contributed by atoms with Gasteiger partial charge in [0, 0.05) is 17.0 Å². The molecule has 0 aliphatic heterocycles. The molecule has 0 saturated heterocycles. The lowest BCUT2D eigenvalue weighted by Gasteiger charge is -2.19. The van der Waals surface area contributed by atoms with Gasteiger partial charge in [-0.15, -0.1) is 0 Å². The maximum atomic E-state index is 12.3. The van der Waals surface area contributed by atoms with Gasteiger partial charge in [-0.1, -0.05) is 56.3 Å². The lowest BCUT2D eigenvalue weighted by Crippen LogP contribution is -2.88. The molecule has 4 nitrogen and oxygen atoms in total. The van der Waals surface area contributed by atoms with Gasteiger partial charge in [-0.2, -0.15) is 0 Å². The molecule has 0 spiro atoms. The minimum atomic E-state index is -0.106. The van der Waals surface area contributed by atoms with Crippen LogP contribution in [-0.2, 0) is 4.79 Å². The fraction of sp³-hybridized carbons (Fsp3) is 0.300. The number of ketones is 1. The number of rotatable bonds is 7. The number of benzene rings is 2. The minimum Gasteiger partial charge on any atom is -0.332 e. The molecule has 0 heterocycles. The van der Waals surface area contributed by atoms with Gasteiger partial charge in [-0.25, -0.2) is 0 Å². The van der Waals surface area contributed by atoms with E-state index in [1.807, 2.05) is 29.6 Å². The summed E-state index contributed by atoms with van der Waals surface area (Å²) in [7, 11) is 0. The van der Waals surface area contributed by atoms with Crippen LogP contribution in [0.25, 0.3) is 0 Å². The highest BCUT2D eigenvalue weighted by molar-refractivity contribution is 6.03. The van der Waals surface area contributed by atoms with Crippen molar-refractivity contribution in [1.82, 2.24) is 0 Å². The first-order chi connectivity index (χ1) is 11.5. The van der Waals surface area contributed by atoms with E-state index in [9.17, 15) is 9.59 Å². The molecule has 24 heavy (non-hydrogen) atoms. The van der Waals surface area contributed by atoms with Crippen molar-refractivity contribution < 1.29 is 14.9 Å². The Hall–Kier alpha value is -2.46. The summed E-state index contributed by atoms with van der Waals surface area (Å²) in [4.78, 5) is 23.9. The molecule has 2 rings (SSSR count). The molecule has 0 aliphatic rings. The van der Waals surface area contributed by atoms with E-state index in [1.165, 1.54) is 12.5 Å². The monoisotopic (exact) mass is 325 g/mol. The van der Waals surface area contributed by atoms with Crippen molar-refractivity contribution in [3.63, 3.8) is 0 Å². The Kier molecular flexibility index (Phi) is 6.27. The number of para-hydroxylation sites is 1. The highest BCUT2D eigenvalue weighted by Crippen LogP contribution is 2.17. The number of quaternary nitrogens is 1. The molecule has 1 atom stereocenters. The van der Waals surface area contributed by atoms with E-state index in [0.29, 0.717) is 23.7 Å². The van der Waals surface area contributed by atoms with Gasteiger partial charge in [-0.3, -0.25) is 9.59 Å². The molecular formula is C20H25N2O2+. The summed E-state index contributed by atoms with van der Waals surface area (Å²) in [5.41, 5.74) is 2.32. The summed E-state index contributed by atoms with van der Waals surface area (Å²) < 4.78 is 0. The topological polar surface area (TPSA) is 62.8 Å². The Labute approximate surface area is 143 Å². The van der Waals surface area contributed by atoms with Crippen LogP contribution in [0.5, 0.6) is 0 Å². The lowest BCUT2D eigenvalue weighted by atomic mass is 9.96. The van der Waals surface area contributed by atoms with E-state index in [-0.39, 0.29) is 17.7 Å². The van der Waals surface area contributed by atoms with Crippen LogP contribution in [0.15, 0.2) is 54.6 Å². The molecule has 126 valence electrons. The van der Waals surface area contributed by atoms with Gasteiger partial charge in [-0.05, 0) is 19.1 Å². The third kappa shape index (κ3) is 4.77. The van der Waals surface area contributed by atoms with Gasteiger partial charge in [0.2, 0.25) is 0 Å². The van der Waals surface area contributed by atoms with Crippen LogP contribution in [0.3, 0.4) is 0 Å². The van der Waals surface area contributed by atoms with Crippen LogP contribution in [0, 0.1) is 5.92 Å². The highest BCUT2D eigenvalue weighted by Gasteiger charge is 2.20. The summed E-state index contributed by atoms with van der Waals surface area (Å²) in [6, 6.07) is 17.5. The van der Waals surface area contributed by atoms with E-state index in [0.717, 1.165) is 0 Å². The predicted octanol–water partition coefficient (Wildman–Crippen LogP) is 2.79. The van der Waals surface area contributed by atoms with E-state index in [4.69, 9.17) is 0 Å². The molecule has 2 aromatic carbocycles. The Balaban J connectivity index is 2.01. The van der Waals surface area contributed by atoms with Gasteiger partial charge in [0.05, 0.1) is 5.69 Å². The number of carbonyl (C=O) groups excluding carboxylic acids is 2. The molecule has 4 heteroatoms. The number of nitrogens with one attached hydrogen (secondary N) is 1. The van der Waals surface area contributed by atoms with Crippen molar-refractivity contribution >= 4 is 17.4 Å². The van der Waals surface area contributed by atoms with E-state index in [2.05, 4.69) is 31.3 Å².